The lowest BCUT2D eigenvalue weighted by Gasteiger charge is -1.96. The lowest BCUT2D eigenvalue weighted by molar-refractivity contribution is 0.827. The van der Waals surface area contributed by atoms with E-state index in [1.165, 1.54) is 22.5 Å². The number of imidazole rings is 1. The molecule has 6 heteroatoms. The highest BCUT2D eigenvalue weighted by molar-refractivity contribution is 5.71. The van der Waals surface area contributed by atoms with Crippen LogP contribution < -0.4 is 11.2 Å². The monoisotopic (exact) mass is 204 g/mol. The van der Waals surface area contributed by atoms with Crippen LogP contribution in [0, 0.1) is 12.5 Å². The molecule has 0 aliphatic rings. The van der Waals surface area contributed by atoms with Crippen molar-refractivity contribution in [3.63, 3.8) is 0 Å². The maximum Gasteiger partial charge on any atom is 0.342 e. The van der Waals surface area contributed by atoms with Crippen LogP contribution in [0.15, 0.2) is 15.9 Å². The van der Waals surface area contributed by atoms with Crippen LogP contribution >= 0.6 is 0 Å². The first-order chi connectivity index (χ1) is 7.07. The lowest BCUT2D eigenvalue weighted by atomic mass is 10.5. The Bertz CT molecular complexity index is 696. The van der Waals surface area contributed by atoms with E-state index >= 15 is 0 Å². The second-order valence-electron chi connectivity index (χ2n) is 3.14. The van der Waals surface area contributed by atoms with E-state index < -0.39 is 5.69 Å². The van der Waals surface area contributed by atoms with Gasteiger partial charge in [0, 0.05) is 20.1 Å². The van der Waals surface area contributed by atoms with Gasteiger partial charge in [-0.05, 0) is 0 Å². The van der Waals surface area contributed by atoms with Crippen LogP contribution in [0.2, 0.25) is 0 Å². The zero-order chi connectivity index (χ0) is 11.2. The van der Waals surface area contributed by atoms with Crippen LogP contribution in [0.1, 0.15) is 0 Å². The highest BCUT2D eigenvalue weighted by Crippen LogP contribution is 2.01. The minimum Gasteiger partial charge on any atom is -0.300 e. The van der Waals surface area contributed by atoms with Crippen molar-refractivity contribution in [1.29, 1.82) is 0 Å². The second kappa shape index (κ2) is 2.85. The summed E-state index contributed by atoms with van der Waals surface area (Å²) >= 11 is 0. The van der Waals surface area contributed by atoms with Crippen molar-refractivity contribution in [2.24, 2.45) is 14.1 Å². The summed E-state index contributed by atoms with van der Waals surface area (Å²) < 4.78 is 3.48. The van der Waals surface area contributed by atoms with E-state index in [-0.39, 0.29) is 11.1 Å². The maximum atomic E-state index is 11.7. The SMILES string of the molecule is C#Cn1c(=O)n(C)c2ncn(C)c(=O)c21. The molecule has 0 bridgehead atoms. The first-order valence-corrected chi connectivity index (χ1v) is 4.17. The van der Waals surface area contributed by atoms with Crippen LogP contribution in [0.5, 0.6) is 0 Å². The van der Waals surface area contributed by atoms with Gasteiger partial charge in [0.2, 0.25) is 0 Å². The van der Waals surface area contributed by atoms with Crippen molar-refractivity contribution in [3.8, 4) is 12.5 Å². The zero-order valence-corrected chi connectivity index (χ0v) is 8.26. The summed E-state index contributed by atoms with van der Waals surface area (Å²) in [5, 5.41) is 0. The zero-order valence-electron chi connectivity index (χ0n) is 8.26. The Kier molecular flexibility index (Phi) is 1.76. The van der Waals surface area contributed by atoms with E-state index in [4.69, 9.17) is 6.42 Å². The molecule has 0 N–H and O–H groups in total. The minimum absolute atomic E-state index is 0.134. The minimum atomic E-state index is -0.441. The number of fused-ring (bicyclic) bond motifs is 1. The van der Waals surface area contributed by atoms with E-state index in [0.29, 0.717) is 5.65 Å². The molecule has 0 amide bonds. The standard InChI is InChI=1S/C9H8N4O2/c1-4-13-6-7(12(3)9(13)15)10-5-11(2)8(6)14/h1,5H,2-3H3. The molecule has 2 aromatic rings. The van der Waals surface area contributed by atoms with Crippen molar-refractivity contribution in [2.45, 2.75) is 0 Å². The molecule has 2 rings (SSSR count). The molecule has 0 unspecified atom stereocenters. The number of nitrogens with zero attached hydrogens (tertiary/aromatic N) is 4. The van der Waals surface area contributed by atoms with E-state index in [1.807, 2.05) is 0 Å². The third-order valence-electron chi connectivity index (χ3n) is 2.24. The van der Waals surface area contributed by atoms with Gasteiger partial charge < -0.3 is 4.57 Å². The summed E-state index contributed by atoms with van der Waals surface area (Å²) in [5.74, 6) is 0. The van der Waals surface area contributed by atoms with Crippen molar-refractivity contribution in [3.05, 3.63) is 27.2 Å². The largest absolute Gasteiger partial charge is 0.342 e. The Labute approximate surface area is 84.4 Å². The molecule has 2 heterocycles. The number of terminal acetylenes is 1. The predicted octanol–water partition coefficient (Wildman–Crippen LogP) is -1.13. The third kappa shape index (κ3) is 1.03. The fourth-order valence-electron chi connectivity index (χ4n) is 1.41. The Hall–Kier alpha value is -2.29. The molecule has 0 saturated heterocycles. The number of hydrogen-bond donors (Lipinski definition) is 0. The summed E-state index contributed by atoms with van der Waals surface area (Å²) in [6.07, 6.45) is 6.52. The molecule has 0 spiro atoms. The normalized spacial score (nSPS) is 10.5. The van der Waals surface area contributed by atoms with Crippen LogP contribution in [0.25, 0.3) is 11.2 Å². The summed E-state index contributed by atoms with van der Waals surface area (Å²) in [6.45, 7) is 0. The fraction of sp³-hybridized carbons (Fsp3) is 0.222. The van der Waals surface area contributed by atoms with Crippen molar-refractivity contribution >= 4 is 11.2 Å². The average molecular weight is 204 g/mol. The van der Waals surface area contributed by atoms with E-state index in [1.54, 1.807) is 7.05 Å². The maximum absolute atomic E-state index is 11.7. The van der Waals surface area contributed by atoms with Gasteiger partial charge in [0.25, 0.3) is 5.56 Å². The number of rotatable bonds is 0. The van der Waals surface area contributed by atoms with Gasteiger partial charge in [0.05, 0.1) is 6.33 Å². The molecule has 2 aromatic heterocycles. The fourth-order valence-corrected chi connectivity index (χ4v) is 1.41. The quantitative estimate of drug-likeness (QED) is 0.510. The second-order valence-corrected chi connectivity index (χ2v) is 3.14. The molecule has 76 valence electrons. The molecule has 15 heavy (non-hydrogen) atoms. The van der Waals surface area contributed by atoms with Gasteiger partial charge in [-0.15, -0.1) is 0 Å². The smallest absolute Gasteiger partial charge is 0.300 e. The average Bonchev–Trinajstić information content (AvgIpc) is 2.47. The molecule has 0 aromatic carbocycles. The Balaban J connectivity index is 3.22. The van der Waals surface area contributed by atoms with E-state index in [0.717, 1.165) is 4.57 Å². The predicted molar refractivity (Wildman–Crippen MR) is 54.4 cm³/mol. The van der Waals surface area contributed by atoms with Crippen molar-refractivity contribution in [1.82, 2.24) is 18.7 Å². The Morgan fingerprint density at radius 1 is 1.40 bits per heavy atom. The van der Waals surface area contributed by atoms with Crippen LogP contribution in [0.3, 0.4) is 0 Å². The lowest BCUT2D eigenvalue weighted by Crippen LogP contribution is -2.22. The first kappa shape index (κ1) is 9.27. The molecule has 0 radical (unpaired) electrons. The number of hydrogen-bond acceptors (Lipinski definition) is 3. The molecule has 0 aliphatic carbocycles. The Morgan fingerprint density at radius 2 is 2.07 bits per heavy atom. The molecule has 0 aliphatic heterocycles. The van der Waals surface area contributed by atoms with Gasteiger partial charge in [0.1, 0.15) is 0 Å². The number of aryl methyl sites for hydroxylation is 2. The van der Waals surface area contributed by atoms with Crippen molar-refractivity contribution < 1.29 is 0 Å². The molecule has 0 atom stereocenters. The van der Waals surface area contributed by atoms with Crippen LogP contribution in [0.4, 0.5) is 0 Å². The molecular formula is C9H8N4O2. The van der Waals surface area contributed by atoms with Gasteiger partial charge in [-0.25, -0.2) is 14.3 Å². The first-order valence-electron chi connectivity index (χ1n) is 4.17. The summed E-state index contributed by atoms with van der Waals surface area (Å²) in [4.78, 5) is 27.3. The van der Waals surface area contributed by atoms with Gasteiger partial charge >= 0.3 is 5.69 Å². The van der Waals surface area contributed by atoms with Crippen LogP contribution in [-0.2, 0) is 14.1 Å². The van der Waals surface area contributed by atoms with Gasteiger partial charge in [-0.2, -0.15) is 0 Å². The van der Waals surface area contributed by atoms with Gasteiger partial charge in [0.15, 0.2) is 11.2 Å². The Morgan fingerprint density at radius 3 is 2.67 bits per heavy atom. The molecular weight excluding hydrogens is 196 g/mol. The van der Waals surface area contributed by atoms with Gasteiger partial charge in [-0.1, -0.05) is 6.42 Å². The topological polar surface area (TPSA) is 61.8 Å². The van der Waals surface area contributed by atoms with E-state index in [9.17, 15) is 9.59 Å². The summed E-state index contributed by atoms with van der Waals surface area (Å²) in [6, 6.07) is 2.16. The van der Waals surface area contributed by atoms with Crippen molar-refractivity contribution in [2.75, 3.05) is 0 Å². The molecule has 0 fully saturated rings. The highest BCUT2D eigenvalue weighted by atomic mass is 16.2. The third-order valence-corrected chi connectivity index (χ3v) is 2.24. The molecule has 0 saturated carbocycles. The van der Waals surface area contributed by atoms with Gasteiger partial charge in [-0.3, -0.25) is 9.36 Å². The van der Waals surface area contributed by atoms with E-state index in [2.05, 4.69) is 11.0 Å². The highest BCUT2D eigenvalue weighted by Gasteiger charge is 2.14. The summed E-state index contributed by atoms with van der Waals surface area (Å²) in [5.41, 5.74) is -0.352. The molecule has 6 nitrogen and oxygen atoms in total. The summed E-state index contributed by atoms with van der Waals surface area (Å²) in [7, 11) is 3.07. The number of aromatic nitrogens is 4. The van der Waals surface area contributed by atoms with Crippen LogP contribution in [-0.4, -0.2) is 18.7 Å².